The van der Waals surface area contributed by atoms with Crippen LogP contribution in [0.3, 0.4) is 0 Å². The van der Waals surface area contributed by atoms with Gasteiger partial charge < -0.3 is 14.8 Å². The number of hydrogen-bond donors (Lipinski definition) is 1. The van der Waals surface area contributed by atoms with Gasteiger partial charge in [-0.2, -0.15) is 0 Å². The SMILES string of the molecule is COC(=O)[C@@H](Cc1ccc(OC)cc1)NC(=O)Cc1ccc(F)c(F)c1. The van der Waals surface area contributed by atoms with Gasteiger partial charge in [0.1, 0.15) is 11.8 Å². The van der Waals surface area contributed by atoms with Crippen molar-refractivity contribution in [3.63, 3.8) is 0 Å². The van der Waals surface area contributed by atoms with E-state index < -0.39 is 29.6 Å². The van der Waals surface area contributed by atoms with Gasteiger partial charge in [-0.25, -0.2) is 13.6 Å². The number of methoxy groups -OCH3 is 2. The van der Waals surface area contributed by atoms with Crippen molar-refractivity contribution in [2.45, 2.75) is 18.9 Å². The summed E-state index contributed by atoms with van der Waals surface area (Å²) in [7, 11) is 2.77. The number of hydrogen-bond acceptors (Lipinski definition) is 4. The van der Waals surface area contributed by atoms with E-state index in [1.807, 2.05) is 0 Å². The van der Waals surface area contributed by atoms with Crippen LogP contribution in [0.2, 0.25) is 0 Å². The first kappa shape index (κ1) is 19.4. The minimum absolute atomic E-state index is 0.187. The lowest BCUT2D eigenvalue weighted by molar-refractivity contribution is -0.145. The molecule has 0 aromatic heterocycles. The number of amides is 1. The molecule has 0 radical (unpaired) electrons. The Hall–Kier alpha value is -2.96. The van der Waals surface area contributed by atoms with Crippen LogP contribution in [-0.2, 0) is 27.2 Å². The number of halogens is 2. The second-order valence-electron chi connectivity index (χ2n) is 5.62. The molecule has 0 fully saturated rings. The third-order valence-electron chi connectivity index (χ3n) is 3.77. The highest BCUT2D eigenvalue weighted by Gasteiger charge is 2.22. The first-order valence-corrected chi connectivity index (χ1v) is 7.87. The lowest BCUT2D eigenvalue weighted by Crippen LogP contribution is -2.43. The van der Waals surface area contributed by atoms with Gasteiger partial charge in [0, 0.05) is 6.42 Å². The van der Waals surface area contributed by atoms with Crippen molar-refractivity contribution in [3.05, 3.63) is 65.2 Å². The Morgan fingerprint density at radius 1 is 1.00 bits per heavy atom. The highest BCUT2D eigenvalue weighted by atomic mass is 19.2. The van der Waals surface area contributed by atoms with E-state index in [0.717, 1.165) is 17.7 Å². The lowest BCUT2D eigenvalue weighted by Gasteiger charge is -2.17. The molecule has 0 heterocycles. The highest BCUT2D eigenvalue weighted by Crippen LogP contribution is 2.14. The summed E-state index contributed by atoms with van der Waals surface area (Å²) in [4.78, 5) is 24.1. The van der Waals surface area contributed by atoms with Crippen molar-refractivity contribution in [1.82, 2.24) is 5.32 Å². The van der Waals surface area contributed by atoms with Crippen LogP contribution in [0.4, 0.5) is 8.78 Å². The van der Waals surface area contributed by atoms with E-state index in [-0.39, 0.29) is 12.8 Å². The molecule has 0 unspecified atom stereocenters. The van der Waals surface area contributed by atoms with Gasteiger partial charge in [0.25, 0.3) is 0 Å². The quantitative estimate of drug-likeness (QED) is 0.768. The van der Waals surface area contributed by atoms with Gasteiger partial charge in [0.2, 0.25) is 5.91 Å². The predicted molar refractivity (Wildman–Crippen MR) is 90.7 cm³/mol. The molecule has 0 bridgehead atoms. The number of benzene rings is 2. The summed E-state index contributed by atoms with van der Waals surface area (Å²) >= 11 is 0. The molecule has 7 heteroatoms. The van der Waals surface area contributed by atoms with Crippen LogP contribution in [0.25, 0.3) is 0 Å². The minimum atomic E-state index is -1.03. The molecule has 0 aliphatic heterocycles. The average molecular weight is 363 g/mol. The highest BCUT2D eigenvalue weighted by molar-refractivity contribution is 5.85. The van der Waals surface area contributed by atoms with Crippen molar-refractivity contribution < 1.29 is 27.8 Å². The number of carbonyl (C=O) groups excluding carboxylic acids is 2. The Labute approximate surface area is 149 Å². The van der Waals surface area contributed by atoms with E-state index in [2.05, 4.69) is 5.32 Å². The van der Waals surface area contributed by atoms with Crippen molar-refractivity contribution in [2.75, 3.05) is 14.2 Å². The summed E-state index contributed by atoms with van der Waals surface area (Å²) in [5.74, 6) is -2.44. The average Bonchev–Trinajstić information content (AvgIpc) is 2.64. The molecule has 0 aliphatic carbocycles. The van der Waals surface area contributed by atoms with Crippen LogP contribution in [0.15, 0.2) is 42.5 Å². The van der Waals surface area contributed by atoms with E-state index in [0.29, 0.717) is 11.3 Å². The van der Waals surface area contributed by atoms with Crippen LogP contribution >= 0.6 is 0 Å². The molecule has 1 amide bonds. The van der Waals surface area contributed by atoms with Crippen LogP contribution in [0.5, 0.6) is 5.75 Å². The molecular weight excluding hydrogens is 344 g/mol. The van der Waals surface area contributed by atoms with Gasteiger partial charge in [-0.15, -0.1) is 0 Å². The Morgan fingerprint density at radius 2 is 1.65 bits per heavy atom. The molecule has 0 saturated heterocycles. The second-order valence-corrected chi connectivity index (χ2v) is 5.62. The van der Waals surface area contributed by atoms with Crippen LogP contribution in [0, 0.1) is 11.6 Å². The van der Waals surface area contributed by atoms with E-state index in [1.54, 1.807) is 31.4 Å². The minimum Gasteiger partial charge on any atom is -0.497 e. The molecule has 1 N–H and O–H groups in total. The monoisotopic (exact) mass is 363 g/mol. The third-order valence-corrected chi connectivity index (χ3v) is 3.77. The number of ether oxygens (including phenoxy) is 2. The molecule has 0 aliphatic rings. The maximum absolute atomic E-state index is 13.2. The van der Waals surface area contributed by atoms with Gasteiger partial charge in [-0.05, 0) is 35.4 Å². The first-order chi connectivity index (χ1) is 12.4. The lowest BCUT2D eigenvalue weighted by atomic mass is 10.0. The fourth-order valence-corrected chi connectivity index (χ4v) is 2.41. The van der Waals surface area contributed by atoms with E-state index in [9.17, 15) is 18.4 Å². The summed E-state index contributed by atoms with van der Waals surface area (Å²) in [5.41, 5.74) is 1.10. The summed E-state index contributed by atoms with van der Waals surface area (Å²) in [6, 6.07) is 9.35. The summed E-state index contributed by atoms with van der Waals surface area (Å²) in [6.45, 7) is 0. The van der Waals surface area contributed by atoms with Crippen LogP contribution in [0.1, 0.15) is 11.1 Å². The smallest absolute Gasteiger partial charge is 0.328 e. The van der Waals surface area contributed by atoms with Crippen molar-refractivity contribution in [2.24, 2.45) is 0 Å². The van der Waals surface area contributed by atoms with Crippen LogP contribution in [-0.4, -0.2) is 32.1 Å². The molecule has 26 heavy (non-hydrogen) atoms. The van der Waals surface area contributed by atoms with E-state index in [4.69, 9.17) is 9.47 Å². The second kappa shape index (κ2) is 8.94. The number of rotatable bonds is 7. The molecule has 2 aromatic rings. The number of esters is 1. The molecule has 2 aromatic carbocycles. The summed E-state index contributed by atoms with van der Waals surface area (Å²) < 4.78 is 36.0. The topological polar surface area (TPSA) is 64.6 Å². The Morgan fingerprint density at radius 3 is 2.23 bits per heavy atom. The molecule has 0 spiro atoms. The normalized spacial score (nSPS) is 11.5. The molecular formula is C19H19F2NO4. The summed E-state index contributed by atoms with van der Waals surface area (Å²) in [5, 5.41) is 2.57. The Balaban J connectivity index is 2.04. The molecule has 2 rings (SSSR count). The van der Waals surface area contributed by atoms with Gasteiger partial charge in [-0.3, -0.25) is 4.79 Å². The fourth-order valence-electron chi connectivity index (χ4n) is 2.41. The van der Waals surface area contributed by atoms with Gasteiger partial charge >= 0.3 is 5.97 Å². The third kappa shape index (κ3) is 5.27. The van der Waals surface area contributed by atoms with Crippen molar-refractivity contribution >= 4 is 11.9 Å². The van der Waals surface area contributed by atoms with E-state index >= 15 is 0 Å². The maximum atomic E-state index is 13.2. The van der Waals surface area contributed by atoms with Crippen LogP contribution < -0.4 is 10.1 Å². The summed E-state index contributed by atoms with van der Waals surface area (Å²) in [6.07, 6.45) is 0.0352. The molecule has 5 nitrogen and oxygen atoms in total. The molecule has 0 saturated carbocycles. The van der Waals surface area contributed by atoms with Gasteiger partial charge in [-0.1, -0.05) is 18.2 Å². The van der Waals surface area contributed by atoms with Gasteiger partial charge in [0.05, 0.1) is 20.6 Å². The van der Waals surface area contributed by atoms with Crippen molar-refractivity contribution in [3.8, 4) is 5.75 Å². The molecule has 1 atom stereocenters. The van der Waals surface area contributed by atoms with Crippen molar-refractivity contribution in [1.29, 1.82) is 0 Å². The number of nitrogens with one attached hydrogen (secondary N) is 1. The fraction of sp³-hybridized carbons (Fsp3) is 0.263. The Bertz CT molecular complexity index is 778. The standard InChI is InChI=1S/C19H19F2NO4/c1-25-14-6-3-12(4-7-14)10-17(19(24)26-2)22-18(23)11-13-5-8-15(20)16(21)9-13/h3-9,17H,10-11H2,1-2H3,(H,22,23)/t17-/m1/s1. The number of carbonyl (C=O) groups is 2. The predicted octanol–water partition coefficient (Wildman–Crippen LogP) is 2.42. The maximum Gasteiger partial charge on any atom is 0.328 e. The van der Waals surface area contributed by atoms with Gasteiger partial charge in [0.15, 0.2) is 11.6 Å². The zero-order valence-corrected chi connectivity index (χ0v) is 14.4. The molecule has 138 valence electrons. The zero-order valence-electron chi connectivity index (χ0n) is 14.4. The largest absolute Gasteiger partial charge is 0.497 e. The first-order valence-electron chi connectivity index (χ1n) is 7.87. The zero-order chi connectivity index (χ0) is 19.1. The Kier molecular flexibility index (Phi) is 6.66. The van der Waals surface area contributed by atoms with E-state index in [1.165, 1.54) is 13.2 Å².